The van der Waals surface area contributed by atoms with Crippen LogP contribution in [-0.2, 0) is 32.0 Å². The molecular formula is C19H23N5O7. The summed E-state index contributed by atoms with van der Waals surface area (Å²) in [6.45, 7) is 0. The van der Waals surface area contributed by atoms with Gasteiger partial charge in [0.1, 0.15) is 17.8 Å². The summed E-state index contributed by atoms with van der Waals surface area (Å²) in [5.41, 5.74) is 7.09. The van der Waals surface area contributed by atoms with E-state index in [1.54, 1.807) is 12.1 Å². The summed E-state index contributed by atoms with van der Waals surface area (Å²) < 4.78 is 0. The molecule has 8 N–H and O–H groups in total. The summed E-state index contributed by atoms with van der Waals surface area (Å²) >= 11 is 0. The van der Waals surface area contributed by atoms with Crippen molar-refractivity contribution in [3.63, 3.8) is 0 Å². The van der Waals surface area contributed by atoms with Gasteiger partial charge in [-0.05, 0) is 24.1 Å². The Morgan fingerprint density at radius 3 is 2.19 bits per heavy atom. The zero-order valence-corrected chi connectivity index (χ0v) is 16.3. The lowest BCUT2D eigenvalue weighted by Crippen LogP contribution is -2.55. The van der Waals surface area contributed by atoms with Gasteiger partial charge >= 0.3 is 11.9 Å². The molecule has 0 bridgehead atoms. The number of carbonyl (C=O) groups excluding carboxylic acids is 2. The van der Waals surface area contributed by atoms with Crippen molar-refractivity contribution in [2.45, 2.75) is 37.4 Å². The number of carboxylic acids is 2. The van der Waals surface area contributed by atoms with Gasteiger partial charge in [0, 0.05) is 18.3 Å². The number of nitrogens with zero attached hydrogens (tertiary/aromatic N) is 1. The molecule has 12 heteroatoms. The number of nitrogens with one attached hydrogen (secondary N) is 3. The van der Waals surface area contributed by atoms with Crippen LogP contribution in [0.25, 0.3) is 0 Å². The number of imidazole rings is 1. The summed E-state index contributed by atoms with van der Waals surface area (Å²) in [6, 6.07) is 2.16. The molecule has 1 heterocycles. The Morgan fingerprint density at radius 2 is 1.65 bits per heavy atom. The molecule has 0 aliphatic heterocycles. The van der Waals surface area contributed by atoms with Crippen LogP contribution in [-0.4, -0.2) is 67.2 Å². The molecule has 12 nitrogen and oxygen atoms in total. The van der Waals surface area contributed by atoms with Crippen molar-refractivity contribution in [2.24, 2.45) is 5.73 Å². The second-order valence-electron chi connectivity index (χ2n) is 6.82. The Kier molecular flexibility index (Phi) is 8.09. The van der Waals surface area contributed by atoms with Gasteiger partial charge in [0.25, 0.3) is 0 Å². The zero-order valence-electron chi connectivity index (χ0n) is 16.3. The first-order valence-corrected chi connectivity index (χ1v) is 9.21. The lowest BCUT2D eigenvalue weighted by molar-refractivity contribution is -0.147. The largest absolute Gasteiger partial charge is 0.508 e. The van der Waals surface area contributed by atoms with E-state index in [-0.39, 0.29) is 18.6 Å². The Balaban J connectivity index is 2.09. The Morgan fingerprint density at radius 1 is 1.00 bits per heavy atom. The number of phenols is 1. The molecule has 2 aromatic rings. The summed E-state index contributed by atoms with van der Waals surface area (Å²) in [4.78, 5) is 53.9. The molecule has 1 aromatic heterocycles. The van der Waals surface area contributed by atoms with Crippen LogP contribution in [0.15, 0.2) is 36.8 Å². The number of aromatic hydroxyl groups is 1. The second kappa shape index (κ2) is 10.7. The normalized spacial score (nSPS) is 13.6. The molecule has 2 rings (SSSR count). The standard InChI is InChI=1S/C19H23N5O7/c20-13(5-10-1-3-12(25)4-2-10)17(28)23-14(6-11-8-21-9-22-11)18(29)24-15(19(30)31)7-16(26)27/h1-4,8-9,13-15,25H,5-7,20H2,(H,21,22)(H,23,28)(H,24,29)(H,26,27)(H,30,31). The number of aromatic amines is 1. The highest BCUT2D eigenvalue weighted by Gasteiger charge is 2.29. The van der Waals surface area contributed by atoms with Crippen LogP contribution >= 0.6 is 0 Å². The number of benzene rings is 1. The maximum absolute atomic E-state index is 12.6. The van der Waals surface area contributed by atoms with E-state index in [9.17, 15) is 24.3 Å². The van der Waals surface area contributed by atoms with Crippen LogP contribution in [0.2, 0.25) is 0 Å². The van der Waals surface area contributed by atoms with E-state index in [2.05, 4.69) is 20.6 Å². The third kappa shape index (κ3) is 7.44. The number of hydrogen-bond acceptors (Lipinski definition) is 7. The molecule has 0 aliphatic carbocycles. The number of rotatable bonds is 11. The van der Waals surface area contributed by atoms with Gasteiger partial charge in [-0.15, -0.1) is 0 Å². The quantitative estimate of drug-likeness (QED) is 0.226. The first kappa shape index (κ1) is 23.3. The van der Waals surface area contributed by atoms with Crippen LogP contribution in [0.3, 0.4) is 0 Å². The van der Waals surface area contributed by atoms with Crippen molar-refractivity contribution in [3.8, 4) is 5.75 Å². The minimum Gasteiger partial charge on any atom is -0.508 e. The van der Waals surface area contributed by atoms with Crippen LogP contribution in [0.4, 0.5) is 0 Å². The van der Waals surface area contributed by atoms with E-state index >= 15 is 0 Å². The summed E-state index contributed by atoms with van der Waals surface area (Å²) in [7, 11) is 0. The topological polar surface area (TPSA) is 208 Å². The van der Waals surface area contributed by atoms with Crippen LogP contribution in [0, 0.1) is 0 Å². The number of phenolic OH excluding ortho intramolecular Hbond substituents is 1. The van der Waals surface area contributed by atoms with Crippen molar-refractivity contribution >= 4 is 23.8 Å². The molecule has 3 unspecified atom stereocenters. The van der Waals surface area contributed by atoms with E-state index < -0.39 is 48.3 Å². The highest BCUT2D eigenvalue weighted by Crippen LogP contribution is 2.11. The number of carbonyl (C=O) groups is 4. The fourth-order valence-electron chi connectivity index (χ4n) is 2.73. The SMILES string of the molecule is NC(Cc1ccc(O)cc1)C(=O)NC(Cc1cnc[nH]1)C(=O)NC(CC(=O)O)C(=O)O. The van der Waals surface area contributed by atoms with E-state index in [1.807, 2.05) is 0 Å². The number of carboxylic acid groups (broad SMARTS) is 2. The molecule has 1 aromatic carbocycles. The van der Waals surface area contributed by atoms with Crippen LogP contribution in [0.1, 0.15) is 17.7 Å². The molecule has 0 fully saturated rings. The molecular weight excluding hydrogens is 410 g/mol. The molecule has 0 saturated heterocycles. The van der Waals surface area contributed by atoms with Gasteiger partial charge in [0.05, 0.1) is 18.8 Å². The number of aliphatic carboxylic acids is 2. The van der Waals surface area contributed by atoms with Gasteiger partial charge in [0.2, 0.25) is 11.8 Å². The first-order chi connectivity index (χ1) is 14.7. The third-order valence-corrected chi connectivity index (χ3v) is 4.33. The maximum atomic E-state index is 12.6. The van der Waals surface area contributed by atoms with Gasteiger partial charge < -0.3 is 36.7 Å². The van der Waals surface area contributed by atoms with E-state index in [4.69, 9.17) is 15.9 Å². The van der Waals surface area contributed by atoms with Crippen LogP contribution < -0.4 is 16.4 Å². The fraction of sp³-hybridized carbons (Fsp3) is 0.316. The Bertz CT molecular complexity index is 914. The highest BCUT2D eigenvalue weighted by molar-refractivity contribution is 5.93. The van der Waals surface area contributed by atoms with Crippen molar-refractivity contribution in [3.05, 3.63) is 48.0 Å². The lowest BCUT2D eigenvalue weighted by atomic mass is 10.0. The van der Waals surface area contributed by atoms with Gasteiger partial charge in [-0.25, -0.2) is 9.78 Å². The predicted molar refractivity (Wildman–Crippen MR) is 106 cm³/mol. The van der Waals surface area contributed by atoms with Crippen molar-refractivity contribution in [2.75, 3.05) is 0 Å². The smallest absolute Gasteiger partial charge is 0.326 e. The average molecular weight is 433 g/mol. The number of nitrogens with two attached hydrogens (primary N) is 1. The first-order valence-electron chi connectivity index (χ1n) is 9.21. The van der Waals surface area contributed by atoms with Crippen molar-refractivity contribution in [1.29, 1.82) is 0 Å². The second-order valence-corrected chi connectivity index (χ2v) is 6.82. The molecule has 166 valence electrons. The van der Waals surface area contributed by atoms with Crippen molar-refractivity contribution in [1.82, 2.24) is 20.6 Å². The number of amides is 2. The van der Waals surface area contributed by atoms with Gasteiger partial charge in [0.15, 0.2) is 0 Å². The number of aromatic nitrogens is 2. The molecule has 0 saturated carbocycles. The van der Waals surface area contributed by atoms with Gasteiger partial charge in [-0.1, -0.05) is 12.1 Å². The molecule has 0 aliphatic rings. The van der Waals surface area contributed by atoms with E-state index in [1.165, 1.54) is 24.7 Å². The predicted octanol–water partition coefficient (Wildman–Crippen LogP) is -1.24. The average Bonchev–Trinajstić information content (AvgIpc) is 3.21. The van der Waals surface area contributed by atoms with Crippen molar-refractivity contribution < 1.29 is 34.5 Å². The van der Waals surface area contributed by atoms with E-state index in [0.29, 0.717) is 11.3 Å². The fourth-order valence-corrected chi connectivity index (χ4v) is 2.73. The number of H-pyrrole nitrogens is 1. The summed E-state index contributed by atoms with van der Waals surface area (Å²) in [5, 5.41) is 31.9. The molecule has 3 atom stereocenters. The molecule has 31 heavy (non-hydrogen) atoms. The number of hydrogen-bond donors (Lipinski definition) is 7. The lowest BCUT2D eigenvalue weighted by Gasteiger charge is -2.22. The minimum absolute atomic E-state index is 0.0527. The summed E-state index contributed by atoms with van der Waals surface area (Å²) in [5.74, 6) is -4.41. The molecule has 0 radical (unpaired) electrons. The zero-order chi connectivity index (χ0) is 23.0. The Hall–Kier alpha value is -3.93. The summed E-state index contributed by atoms with van der Waals surface area (Å²) in [6.07, 6.45) is 2.04. The monoisotopic (exact) mass is 433 g/mol. The van der Waals surface area contributed by atoms with Crippen LogP contribution in [0.5, 0.6) is 5.75 Å². The van der Waals surface area contributed by atoms with Gasteiger partial charge in [-0.2, -0.15) is 0 Å². The molecule has 0 spiro atoms. The van der Waals surface area contributed by atoms with E-state index in [0.717, 1.165) is 0 Å². The Labute approximate surface area is 176 Å². The third-order valence-electron chi connectivity index (χ3n) is 4.33. The highest BCUT2D eigenvalue weighted by atomic mass is 16.4. The maximum Gasteiger partial charge on any atom is 0.326 e. The van der Waals surface area contributed by atoms with Gasteiger partial charge in [-0.3, -0.25) is 14.4 Å². The minimum atomic E-state index is -1.67. The molecule has 2 amide bonds.